The number of carbonyl (C=O) groups excluding carboxylic acids is 1. The summed E-state index contributed by atoms with van der Waals surface area (Å²) in [5, 5.41) is 12.8. The number of pyridine rings is 1. The van der Waals surface area contributed by atoms with E-state index in [1.54, 1.807) is 6.07 Å². The number of aliphatic hydroxyl groups excluding tert-OH is 1. The van der Waals surface area contributed by atoms with Crippen LogP contribution in [0.25, 0.3) is 0 Å². The van der Waals surface area contributed by atoms with Gasteiger partial charge in [-0.3, -0.25) is 9.69 Å². The Balaban J connectivity index is 1.52. The molecule has 7 nitrogen and oxygen atoms in total. The number of benzene rings is 1. The summed E-state index contributed by atoms with van der Waals surface area (Å²) in [7, 11) is 0. The van der Waals surface area contributed by atoms with Crippen molar-refractivity contribution in [2.24, 2.45) is 0 Å². The molecular formula is C23H30F2N4O3. The SMILES string of the molecule is CC(C)OC[C@@H](O)CN1CCCN(c2ccc(NC(=O)c3cc(F)cc(F)c3)cn2)CC1. The summed E-state index contributed by atoms with van der Waals surface area (Å²) >= 11 is 0. The van der Waals surface area contributed by atoms with Crippen molar-refractivity contribution in [3.8, 4) is 0 Å². The average molecular weight is 449 g/mol. The molecule has 2 N–H and O–H groups in total. The summed E-state index contributed by atoms with van der Waals surface area (Å²) in [4.78, 5) is 21.1. The molecule has 1 aromatic carbocycles. The van der Waals surface area contributed by atoms with Gasteiger partial charge < -0.3 is 20.1 Å². The van der Waals surface area contributed by atoms with Gasteiger partial charge in [-0.2, -0.15) is 0 Å². The Morgan fingerprint density at radius 3 is 2.56 bits per heavy atom. The summed E-state index contributed by atoms with van der Waals surface area (Å²) in [5.74, 6) is -1.44. The lowest BCUT2D eigenvalue weighted by Crippen LogP contribution is -2.38. The summed E-state index contributed by atoms with van der Waals surface area (Å²) < 4.78 is 32.1. The molecule has 1 fully saturated rings. The lowest BCUT2D eigenvalue weighted by atomic mass is 10.2. The molecule has 0 saturated carbocycles. The highest BCUT2D eigenvalue weighted by atomic mass is 19.1. The minimum Gasteiger partial charge on any atom is -0.389 e. The first kappa shape index (κ1) is 24.0. The van der Waals surface area contributed by atoms with Gasteiger partial charge in [-0.15, -0.1) is 0 Å². The van der Waals surface area contributed by atoms with E-state index in [4.69, 9.17) is 4.74 Å². The summed E-state index contributed by atoms with van der Waals surface area (Å²) in [6.45, 7) is 8.06. The van der Waals surface area contributed by atoms with Crippen LogP contribution in [0.5, 0.6) is 0 Å². The molecule has 0 radical (unpaired) electrons. The number of β-amino-alcohol motifs (C(OH)–C–C–N with tert-alkyl or cyclic N) is 1. The van der Waals surface area contributed by atoms with E-state index in [0.717, 1.165) is 56.6 Å². The Hall–Kier alpha value is -2.62. The average Bonchev–Trinajstić information content (AvgIpc) is 2.97. The van der Waals surface area contributed by atoms with E-state index in [9.17, 15) is 18.7 Å². The van der Waals surface area contributed by atoms with Gasteiger partial charge in [0, 0.05) is 37.8 Å². The zero-order valence-corrected chi connectivity index (χ0v) is 18.4. The number of hydrogen-bond acceptors (Lipinski definition) is 6. The van der Waals surface area contributed by atoms with Gasteiger partial charge in [-0.25, -0.2) is 13.8 Å². The van der Waals surface area contributed by atoms with Gasteiger partial charge >= 0.3 is 0 Å². The van der Waals surface area contributed by atoms with Crippen LogP contribution in [0, 0.1) is 11.6 Å². The number of halogens is 2. The van der Waals surface area contributed by atoms with Crippen molar-refractivity contribution in [3.05, 3.63) is 53.7 Å². The van der Waals surface area contributed by atoms with Crippen molar-refractivity contribution in [1.29, 1.82) is 0 Å². The number of amides is 1. The van der Waals surface area contributed by atoms with E-state index in [-0.39, 0.29) is 11.7 Å². The van der Waals surface area contributed by atoms with Gasteiger partial charge in [-0.05, 0) is 51.1 Å². The first-order valence-electron chi connectivity index (χ1n) is 10.8. The highest BCUT2D eigenvalue weighted by Gasteiger charge is 2.19. The predicted molar refractivity (Wildman–Crippen MR) is 119 cm³/mol. The van der Waals surface area contributed by atoms with Crippen LogP contribution in [0.3, 0.4) is 0 Å². The minimum atomic E-state index is -0.807. The molecule has 3 rings (SSSR count). The fraction of sp³-hybridized carbons (Fsp3) is 0.478. The first-order valence-corrected chi connectivity index (χ1v) is 10.8. The number of nitrogens with zero attached hydrogens (tertiary/aromatic N) is 3. The summed E-state index contributed by atoms with van der Waals surface area (Å²) in [6.07, 6.45) is 2.04. The Bertz CT molecular complexity index is 875. The van der Waals surface area contributed by atoms with Crippen molar-refractivity contribution in [3.63, 3.8) is 0 Å². The smallest absolute Gasteiger partial charge is 0.255 e. The van der Waals surface area contributed by atoms with Crippen LogP contribution >= 0.6 is 0 Å². The van der Waals surface area contributed by atoms with Crippen molar-refractivity contribution in [2.45, 2.75) is 32.5 Å². The summed E-state index contributed by atoms with van der Waals surface area (Å²) in [6, 6.07) is 6.20. The van der Waals surface area contributed by atoms with Gasteiger partial charge in [0.2, 0.25) is 0 Å². The van der Waals surface area contributed by atoms with Gasteiger partial charge in [0.05, 0.1) is 30.7 Å². The lowest BCUT2D eigenvalue weighted by Gasteiger charge is -2.24. The number of carbonyl (C=O) groups is 1. The number of aliphatic hydroxyl groups is 1. The third kappa shape index (κ3) is 7.22. The molecular weight excluding hydrogens is 418 g/mol. The van der Waals surface area contributed by atoms with E-state index in [1.165, 1.54) is 6.20 Å². The molecule has 1 amide bonds. The zero-order valence-electron chi connectivity index (χ0n) is 18.4. The number of hydrogen-bond donors (Lipinski definition) is 2. The molecule has 1 saturated heterocycles. The molecule has 1 aromatic heterocycles. The highest BCUT2D eigenvalue weighted by molar-refractivity contribution is 6.04. The van der Waals surface area contributed by atoms with Gasteiger partial charge in [-0.1, -0.05) is 0 Å². The third-order valence-corrected chi connectivity index (χ3v) is 5.13. The molecule has 2 heterocycles. The minimum absolute atomic E-state index is 0.0955. The number of anilines is 2. The Morgan fingerprint density at radius 1 is 1.16 bits per heavy atom. The Labute approximate surface area is 187 Å². The number of ether oxygens (including phenoxy) is 1. The largest absolute Gasteiger partial charge is 0.389 e. The van der Waals surface area contributed by atoms with Crippen molar-refractivity contribution in [1.82, 2.24) is 9.88 Å². The van der Waals surface area contributed by atoms with Crippen molar-refractivity contribution < 1.29 is 23.4 Å². The molecule has 174 valence electrons. The molecule has 0 bridgehead atoms. The molecule has 1 atom stereocenters. The van der Waals surface area contributed by atoms with Crippen molar-refractivity contribution in [2.75, 3.05) is 49.5 Å². The maximum absolute atomic E-state index is 13.3. The Kier molecular flexibility index (Phi) is 8.49. The topological polar surface area (TPSA) is 77.9 Å². The maximum atomic E-state index is 13.3. The molecule has 0 spiro atoms. The van der Waals surface area contributed by atoms with E-state index in [1.807, 2.05) is 19.9 Å². The Morgan fingerprint density at radius 2 is 1.91 bits per heavy atom. The standard InChI is InChI=1S/C23H30F2N4O3/c1-16(2)32-15-21(30)14-28-6-3-7-29(9-8-28)22-5-4-20(13-26-22)27-23(31)17-10-18(24)12-19(25)11-17/h4-5,10-13,16,21,30H,3,6-9,14-15H2,1-2H3,(H,27,31)/t21-/m0/s1. The second-order valence-corrected chi connectivity index (χ2v) is 8.19. The van der Waals surface area contributed by atoms with Crippen LogP contribution in [-0.4, -0.2) is 72.4 Å². The molecule has 1 aliphatic heterocycles. The fourth-order valence-corrected chi connectivity index (χ4v) is 3.57. The monoisotopic (exact) mass is 448 g/mol. The van der Waals surface area contributed by atoms with Crippen LogP contribution in [0.2, 0.25) is 0 Å². The van der Waals surface area contributed by atoms with Crippen LogP contribution in [0.15, 0.2) is 36.5 Å². The normalized spacial score (nSPS) is 16.1. The number of rotatable bonds is 8. The van der Waals surface area contributed by atoms with Crippen LogP contribution in [-0.2, 0) is 4.74 Å². The van der Waals surface area contributed by atoms with Gasteiger partial charge in [0.25, 0.3) is 5.91 Å². The lowest BCUT2D eigenvalue weighted by molar-refractivity contribution is -0.00766. The number of aromatic nitrogens is 1. The van der Waals surface area contributed by atoms with E-state index < -0.39 is 23.6 Å². The molecule has 0 aliphatic carbocycles. The van der Waals surface area contributed by atoms with Gasteiger partial charge in [0.1, 0.15) is 17.5 Å². The second-order valence-electron chi connectivity index (χ2n) is 8.19. The predicted octanol–water partition coefficient (Wildman–Crippen LogP) is 2.91. The molecule has 1 aliphatic rings. The van der Waals surface area contributed by atoms with Crippen LogP contribution < -0.4 is 10.2 Å². The summed E-state index contributed by atoms with van der Waals surface area (Å²) in [5.41, 5.74) is 0.341. The van der Waals surface area contributed by atoms with E-state index >= 15 is 0 Å². The molecule has 9 heteroatoms. The fourth-order valence-electron chi connectivity index (χ4n) is 3.57. The van der Waals surface area contributed by atoms with Crippen molar-refractivity contribution >= 4 is 17.4 Å². The van der Waals surface area contributed by atoms with E-state index in [2.05, 4.69) is 20.1 Å². The molecule has 32 heavy (non-hydrogen) atoms. The zero-order chi connectivity index (χ0) is 23.1. The van der Waals surface area contributed by atoms with Crippen LogP contribution in [0.4, 0.5) is 20.3 Å². The number of nitrogens with one attached hydrogen (secondary N) is 1. The first-order chi connectivity index (χ1) is 15.3. The second kappa shape index (κ2) is 11.3. The van der Waals surface area contributed by atoms with Gasteiger partial charge in [0.15, 0.2) is 0 Å². The highest BCUT2D eigenvalue weighted by Crippen LogP contribution is 2.18. The molecule has 0 unspecified atom stereocenters. The van der Waals surface area contributed by atoms with E-state index in [0.29, 0.717) is 18.8 Å². The quantitative estimate of drug-likeness (QED) is 0.647. The maximum Gasteiger partial charge on any atom is 0.255 e. The van der Waals surface area contributed by atoms with Crippen LogP contribution in [0.1, 0.15) is 30.6 Å². The third-order valence-electron chi connectivity index (χ3n) is 5.13. The molecule has 2 aromatic rings.